The van der Waals surface area contributed by atoms with Crippen LogP contribution in [-0.2, 0) is 0 Å². The molecule has 0 spiro atoms. The summed E-state index contributed by atoms with van der Waals surface area (Å²) < 4.78 is 0. The van der Waals surface area contributed by atoms with Crippen LogP contribution in [0.5, 0.6) is 0 Å². The zero-order valence-corrected chi connectivity index (χ0v) is 13.4. The Balaban J connectivity index is 1.48. The van der Waals surface area contributed by atoms with Crippen molar-refractivity contribution >= 4 is 23.2 Å². The van der Waals surface area contributed by atoms with Gasteiger partial charge in [0.15, 0.2) is 0 Å². The van der Waals surface area contributed by atoms with Crippen molar-refractivity contribution in [2.24, 2.45) is 0 Å². The highest BCUT2D eigenvalue weighted by Crippen LogP contribution is 2.24. The molecule has 0 saturated carbocycles. The number of anilines is 2. The smallest absolute Gasteiger partial charge is 0.226 e. The Labute approximate surface area is 140 Å². The molecule has 0 aromatic heterocycles. The molecule has 3 aliphatic rings. The fourth-order valence-electron chi connectivity index (χ4n) is 2.92. The standard InChI is InChI=1S/C18H17ClN4/c19-14-6-8-15(9-7-14)22-10-12-23(13-11-22)18-20-16-4-2-1-3-5-17(16)21-18/h1-9H,10-13H2. The van der Waals surface area contributed by atoms with Gasteiger partial charge in [-0.3, -0.25) is 0 Å². The van der Waals surface area contributed by atoms with Gasteiger partial charge in [0, 0.05) is 36.9 Å². The Bertz CT molecular complexity index is 735. The number of rotatable bonds is 2. The lowest BCUT2D eigenvalue weighted by Crippen LogP contribution is -2.46. The van der Waals surface area contributed by atoms with E-state index >= 15 is 0 Å². The monoisotopic (exact) mass is 324 g/mol. The molecule has 1 saturated heterocycles. The van der Waals surface area contributed by atoms with Crippen LogP contribution in [-0.4, -0.2) is 36.1 Å². The molecule has 1 aromatic carbocycles. The molecule has 2 heterocycles. The van der Waals surface area contributed by atoms with Crippen molar-refractivity contribution in [2.75, 3.05) is 36.0 Å². The Morgan fingerprint density at radius 1 is 0.696 bits per heavy atom. The number of nitrogens with zero attached hydrogens (tertiary/aromatic N) is 4. The van der Waals surface area contributed by atoms with E-state index in [0.717, 1.165) is 48.5 Å². The number of imidazole rings is 1. The first-order chi connectivity index (χ1) is 11.3. The molecule has 0 unspecified atom stereocenters. The third-order valence-electron chi connectivity index (χ3n) is 4.19. The summed E-state index contributed by atoms with van der Waals surface area (Å²) in [6.45, 7) is 3.76. The zero-order chi connectivity index (χ0) is 15.6. The van der Waals surface area contributed by atoms with Crippen molar-refractivity contribution in [3.8, 4) is 11.4 Å². The quantitative estimate of drug-likeness (QED) is 0.721. The molecule has 2 aliphatic heterocycles. The van der Waals surface area contributed by atoms with Gasteiger partial charge in [0.25, 0.3) is 0 Å². The maximum absolute atomic E-state index is 5.96. The van der Waals surface area contributed by atoms with Crippen molar-refractivity contribution in [3.05, 3.63) is 59.6 Å². The maximum atomic E-state index is 5.96. The van der Waals surface area contributed by atoms with E-state index in [-0.39, 0.29) is 0 Å². The molecule has 1 aliphatic carbocycles. The van der Waals surface area contributed by atoms with Crippen molar-refractivity contribution in [2.45, 2.75) is 0 Å². The van der Waals surface area contributed by atoms with Gasteiger partial charge in [0.2, 0.25) is 5.95 Å². The summed E-state index contributed by atoms with van der Waals surface area (Å²) in [5, 5.41) is 0.775. The number of hydrogen-bond acceptors (Lipinski definition) is 4. The molecule has 0 radical (unpaired) electrons. The van der Waals surface area contributed by atoms with Gasteiger partial charge in [-0.15, -0.1) is 0 Å². The van der Waals surface area contributed by atoms with Crippen LogP contribution in [0.1, 0.15) is 0 Å². The second-order valence-electron chi connectivity index (χ2n) is 5.66. The van der Waals surface area contributed by atoms with E-state index in [1.54, 1.807) is 0 Å². The van der Waals surface area contributed by atoms with E-state index in [0.29, 0.717) is 0 Å². The Morgan fingerprint density at radius 3 is 1.87 bits per heavy atom. The van der Waals surface area contributed by atoms with Gasteiger partial charge >= 0.3 is 0 Å². The summed E-state index contributed by atoms with van der Waals surface area (Å²) in [4.78, 5) is 14.0. The van der Waals surface area contributed by atoms with Crippen molar-refractivity contribution in [3.63, 3.8) is 0 Å². The van der Waals surface area contributed by atoms with Gasteiger partial charge < -0.3 is 9.80 Å². The minimum absolute atomic E-state index is 0.775. The van der Waals surface area contributed by atoms with E-state index in [4.69, 9.17) is 11.6 Å². The van der Waals surface area contributed by atoms with Crippen molar-refractivity contribution < 1.29 is 0 Å². The predicted octanol–water partition coefficient (Wildman–Crippen LogP) is 3.56. The lowest BCUT2D eigenvalue weighted by molar-refractivity contribution is 0.643. The fraction of sp³-hybridized carbons (Fsp3) is 0.222. The average Bonchev–Trinajstić information content (AvgIpc) is 2.87. The highest BCUT2D eigenvalue weighted by Gasteiger charge is 2.21. The summed E-state index contributed by atoms with van der Waals surface area (Å²) in [6, 6.07) is 18.0. The second kappa shape index (κ2) is 6.05. The molecule has 1 aromatic rings. The molecular weight excluding hydrogens is 308 g/mol. The van der Waals surface area contributed by atoms with E-state index in [9.17, 15) is 0 Å². The zero-order valence-electron chi connectivity index (χ0n) is 12.7. The SMILES string of the molecule is Clc1ccc(N2CCN(c3nc4cccccc-4n3)CC2)cc1. The molecule has 5 heteroatoms. The normalized spacial score (nSPS) is 15.2. The third-order valence-corrected chi connectivity index (χ3v) is 4.44. The first-order valence-corrected chi connectivity index (χ1v) is 8.16. The van der Waals surface area contributed by atoms with Crippen LogP contribution in [0.2, 0.25) is 5.02 Å². The van der Waals surface area contributed by atoms with Crippen LogP contribution in [0.15, 0.2) is 54.6 Å². The molecule has 1 fully saturated rings. The van der Waals surface area contributed by atoms with E-state index in [2.05, 4.69) is 31.9 Å². The molecule has 0 atom stereocenters. The summed E-state index contributed by atoms with van der Waals surface area (Å²) in [6.07, 6.45) is 0. The Kier molecular flexibility index (Phi) is 3.75. The molecule has 23 heavy (non-hydrogen) atoms. The lowest BCUT2D eigenvalue weighted by Gasteiger charge is -2.35. The molecule has 4 nitrogen and oxygen atoms in total. The van der Waals surface area contributed by atoms with Gasteiger partial charge in [-0.1, -0.05) is 29.8 Å². The van der Waals surface area contributed by atoms with E-state index in [1.165, 1.54) is 5.69 Å². The first-order valence-electron chi connectivity index (χ1n) is 7.78. The molecule has 0 amide bonds. The minimum atomic E-state index is 0.775. The van der Waals surface area contributed by atoms with Gasteiger partial charge in [-0.2, -0.15) is 0 Å². The van der Waals surface area contributed by atoms with Crippen LogP contribution >= 0.6 is 11.6 Å². The predicted molar refractivity (Wildman–Crippen MR) is 94.5 cm³/mol. The summed E-state index contributed by atoms with van der Waals surface area (Å²) in [7, 11) is 0. The molecule has 0 bridgehead atoms. The van der Waals surface area contributed by atoms with Crippen molar-refractivity contribution in [1.82, 2.24) is 9.97 Å². The van der Waals surface area contributed by atoms with Crippen LogP contribution in [0.4, 0.5) is 11.6 Å². The number of piperazine rings is 1. The molecule has 0 N–H and O–H groups in total. The number of halogens is 1. The summed E-state index contributed by atoms with van der Waals surface area (Å²) >= 11 is 5.96. The number of aromatic nitrogens is 2. The molecule has 4 rings (SSSR count). The fourth-order valence-corrected chi connectivity index (χ4v) is 3.04. The Morgan fingerprint density at radius 2 is 1.26 bits per heavy atom. The van der Waals surface area contributed by atoms with Crippen molar-refractivity contribution in [1.29, 1.82) is 0 Å². The van der Waals surface area contributed by atoms with Crippen LogP contribution in [0, 0.1) is 0 Å². The van der Waals surface area contributed by atoms with Gasteiger partial charge in [-0.05, 0) is 36.4 Å². The maximum Gasteiger partial charge on any atom is 0.226 e. The average molecular weight is 325 g/mol. The van der Waals surface area contributed by atoms with Crippen LogP contribution in [0.25, 0.3) is 11.4 Å². The summed E-state index contributed by atoms with van der Waals surface area (Å²) in [5.41, 5.74) is 3.12. The molecule has 116 valence electrons. The van der Waals surface area contributed by atoms with E-state index < -0.39 is 0 Å². The van der Waals surface area contributed by atoms with Gasteiger partial charge in [0.05, 0.1) is 11.4 Å². The summed E-state index contributed by atoms with van der Waals surface area (Å²) in [5.74, 6) is 0.835. The van der Waals surface area contributed by atoms with Gasteiger partial charge in [-0.25, -0.2) is 9.97 Å². The highest BCUT2D eigenvalue weighted by molar-refractivity contribution is 6.30. The largest absolute Gasteiger partial charge is 0.368 e. The van der Waals surface area contributed by atoms with Crippen LogP contribution in [0.3, 0.4) is 0 Å². The lowest BCUT2D eigenvalue weighted by atomic mass is 10.2. The minimum Gasteiger partial charge on any atom is -0.368 e. The number of benzene rings is 1. The number of fused-ring (bicyclic) bond motifs is 1. The third kappa shape index (κ3) is 2.94. The van der Waals surface area contributed by atoms with Crippen LogP contribution < -0.4 is 9.80 Å². The topological polar surface area (TPSA) is 32.3 Å². The van der Waals surface area contributed by atoms with E-state index in [1.807, 2.05) is 42.5 Å². The van der Waals surface area contributed by atoms with Gasteiger partial charge in [0.1, 0.15) is 0 Å². The Hall–Kier alpha value is -2.33. The second-order valence-corrected chi connectivity index (χ2v) is 6.09. The highest BCUT2D eigenvalue weighted by atomic mass is 35.5. The molecular formula is C18H17ClN4. The first kappa shape index (κ1) is 14.3. The number of hydrogen-bond donors (Lipinski definition) is 0.